The molecule has 0 amide bonds. The highest BCUT2D eigenvalue weighted by molar-refractivity contribution is 5.15. The second-order valence-electron chi connectivity index (χ2n) is 5.34. The second kappa shape index (κ2) is 7.88. The summed E-state index contributed by atoms with van der Waals surface area (Å²) in [6, 6.07) is 4.31. The van der Waals surface area contributed by atoms with E-state index in [1.54, 1.807) is 12.4 Å². The van der Waals surface area contributed by atoms with Gasteiger partial charge in [0, 0.05) is 24.9 Å². The van der Waals surface area contributed by atoms with Crippen molar-refractivity contribution in [1.82, 2.24) is 20.4 Å². The van der Waals surface area contributed by atoms with Crippen molar-refractivity contribution in [3.05, 3.63) is 41.8 Å². The maximum atomic E-state index is 5.44. The number of hydrogen-bond acceptors (Lipinski definition) is 5. The molecule has 0 aliphatic heterocycles. The largest absolute Gasteiger partial charge is 0.339 e. The Bertz CT molecular complexity index is 526. The third kappa shape index (κ3) is 4.36. The number of pyridine rings is 1. The van der Waals surface area contributed by atoms with E-state index < -0.39 is 0 Å². The van der Waals surface area contributed by atoms with E-state index in [-0.39, 0.29) is 5.92 Å². The van der Waals surface area contributed by atoms with Crippen molar-refractivity contribution in [3.63, 3.8) is 0 Å². The average molecular weight is 288 g/mol. The summed E-state index contributed by atoms with van der Waals surface area (Å²) in [6.45, 7) is 7.50. The van der Waals surface area contributed by atoms with Crippen LogP contribution >= 0.6 is 0 Å². The SMILES string of the molecule is CCCNC(CC)C(C)c1nc(Cc2ccncc2)no1. The van der Waals surface area contributed by atoms with Gasteiger partial charge in [-0.25, -0.2) is 0 Å². The Balaban J connectivity index is 2.01. The van der Waals surface area contributed by atoms with Gasteiger partial charge in [0.2, 0.25) is 5.89 Å². The fourth-order valence-electron chi connectivity index (χ4n) is 2.38. The van der Waals surface area contributed by atoms with Crippen molar-refractivity contribution in [3.8, 4) is 0 Å². The zero-order valence-corrected chi connectivity index (χ0v) is 13.0. The molecule has 0 saturated heterocycles. The Morgan fingerprint density at radius 3 is 2.67 bits per heavy atom. The smallest absolute Gasteiger partial charge is 0.231 e. The van der Waals surface area contributed by atoms with Crippen LogP contribution in [0.2, 0.25) is 0 Å². The molecule has 0 bridgehead atoms. The lowest BCUT2D eigenvalue weighted by Gasteiger charge is -2.20. The average Bonchev–Trinajstić information content (AvgIpc) is 2.97. The highest BCUT2D eigenvalue weighted by atomic mass is 16.5. The molecule has 0 saturated carbocycles. The van der Waals surface area contributed by atoms with Crippen molar-refractivity contribution in [2.24, 2.45) is 0 Å². The molecular formula is C16H24N4O. The molecule has 0 aromatic carbocycles. The van der Waals surface area contributed by atoms with E-state index in [1.807, 2.05) is 12.1 Å². The van der Waals surface area contributed by atoms with Gasteiger partial charge in [-0.05, 0) is 37.1 Å². The van der Waals surface area contributed by atoms with Crippen molar-refractivity contribution in [2.75, 3.05) is 6.54 Å². The minimum absolute atomic E-state index is 0.222. The highest BCUT2D eigenvalue weighted by Crippen LogP contribution is 2.20. The number of hydrogen-bond donors (Lipinski definition) is 1. The fourth-order valence-corrected chi connectivity index (χ4v) is 2.38. The van der Waals surface area contributed by atoms with Crippen LogP contribution in [0.15, 0.2) is 29.0 Å². The maximum absolute atomic E-state index is 5.44. The molecule has 114 valence electrons. The normalized spacial score (nSPS) is 14.0. The predicted molar refractivity (Wildman–Crippen MR) is 82.1 cm³/mol. The third-order valence-corrected chi connectivity index (χ3v) is 3.68. The molecule has 0 aliphatic carbocycles. The lowest BCUT2D eigenvalue weighted by Crippen LogP contribution is -2.33. The summed E-state index contributed by atoms with van der Waals surface area (Å²) < 4.78 is 5.44. The Morgan fingerprint density at radius 1 is 1.24 bits per heavy atom. The van der Waals surface area contributed by atoms with Gasteiger partial charge < -0.3 is 9.84 Å². The van der Waals surface area contributed by atoms with Crippen molar-refractivity contribution < 1.29 is 4.52 Å². The number of rotatable bonds is 8. The zero-order chi connectivity index (χ0) is 15.1. The molecule has 1 N–H and O–H groups in total. The zero-order valence-electron chi connectivity index (χ0n) is 13.0. The van der Waals surface area contributed by atoms with Crippen molar-refractivity contribution >= 4 is 0 Å². The molecule has 5 nitrogen and oxygen atoms in total. The number of nitrogens with one attached hydrogen (secondary N) is 1. The van der Waals surface area contributed by atoms with Crippen LogP contribution in [0.1, 0.15) is 56.8 Å². The third-order valence-electron chi connectivity index (χ3n) is 3.68. The van der Waals surface area contributed by atoms with Gasteiger partial charge in [0.25, 0.3) is 0 Å². The van der Waals surface area contributed by atoms with Gasteiger partial charge in [-0.3, -0.25) is 4.98 Å². The molecule has 2 rings (SSSR count). The summed E-state index contributed by atoms with van der Waals surface area (Å²) >= 11 is 0. The molecule has 2 aromatic rings. The first kappa shape index (κ1) is 15.6. The van der Waals surface area contributed by atoms with Gasteiger partial charge in [0.15, 0.2) is 5.82 Å². The van der Waals surface area contributed by atoms with Gasteiger partial charge in [-0.15, -0.1) is 0 Å². The summed E-state index contributed by atoms with van der Waals surface area (Å²) in [7, 11) is 0. The summed E-state index contributed by atoms with van der Waals surface area (Å²) in [4.78, 5) is 8.55. The standard InChI is InChI=1S/C16H24N4O/c1-4-8-18-14(5-2)12(3)16-19-15(20-21-16)11-13-6-9-17-10-7-13/h6-7,9-10,12,14,18H,4-5,8,11H2,1-3H3. The van der Waals surface area contributed by atoms with Crippen LogP contribution in [0.4, 0.5) is 0 Å². The van der Waals surface area contributed by atoms with Crippen LogP contribution in [0.25, 0.3) is 0 Å². The Morgan fingerprint density at radius 2 is 2.00 bits per heavy atom. The molecule has 0 aliphatic rings. The van der Waals surface area contributed by atoms with E-state index in [9.17, 15) is 0 Å². The topological polar surface area (TPSA) is 63.8 Å². The van der Waals surface area contributed by atoms with Crippen molar-refractivity contribution in [1.29, 1.82) is 0 Å². The van der Waals surface area contributed by atoms with Crippen LogP contribution in [0, 0.1) is 0 Å². The first-order valence-corrected chi connectivity index (χ1v) is 7.69. The molecule has 2 heterocycles. The molecule has 0 spiro atoms. The van der Waals surface area contributed by atoms with E-state index in [1.165, 1.54) is 0 Å². The summed E-state index contributed by atoms with van der Waals surface area (Å²) in [5, 5.41) is 7.64. The summed E-state index contributed by atoms with van der Waals surface area (Å²) in [5.74, 6) is 1.67. The van der Waals surface area contributed by atoms with Crippen LogP contribution in [0.3, 0.4) is 0 Å². The van der Waals surface area contributed by atoms with Gasteiger partial charge in [-0.1, -0.05) is 25.9 Å². The monoisotopic (exact) mass is 288 g/mol. The van der Waals surface area contributed by atoms with E-state index in [0.717, 1.165) is 36.7 Å². The first-order chi connectivity index (χ1) is 10.2. The van der Waals surface area contributed by atoms with Crippen LogP contribution in [-0.4, -0.2) is 27.7 Å². The van der Waals surface area contributed by atoms with Gasteiger partial charge in [-0.2, -0.15) is 4.98 Å². The molecule has 0 fully saturated rings. The van der Waals surface area contributed by atoms with Crippen LogP contribution in [0.5, 0.6) is 0 Å². The lowest BCUT2D eigenvalue weighted by atomic mass is 9.99. The fraction of sp³-hybridized carbons (Fsp3) is 0.562. The minimum atomic E-state index is 0.222. The maximum Gasteiger partial charge on any atom is 0.231 e. The van der Waals surface area contributed by atoms with E-state index in [0.29, 0.717) is 12.5 Å². The van der Waals surface area contributed by atoms with Gasteiger partial charge in [0.05, 0.1) is 5.92 Å². The van der Waals surface area contributed by atoms with Crippen molar-refractivity contribution in [2.45, 2.75) is 52.0 Å². The molecule has 2 atom stereocenters. The van der Waals surface area contributed by atoms with Gasteiger partial charge >= 0.3 is 0 Å². The van der Waals surface area contributed by atoms with E-state index in [2.05, 4.69) is 41.2 Å². The Hall–Kier alpha value is -1.75. The van der Waals surface area contributed by atoms with E-state index in [4.69, 9.17) is 4.52 Å². The molecule has 2 unspecified atom stereocenters. The summed E-state index contributed by atoms with van der Waals surface area (Å²) in [6.07, 6.45) is 6.41. The second-order valence-corrected chi connectivity index (χ2v) is 5.34. The quantitative estimate of drug-likeness (QED) is 0.809. The minimum Gasteiger partial charge on any atom is -0.339 e. The lowest BCUT2D eigenvalue weighted by molar-refractivity contribution is 0.317. The summed E-state index contributed by atoms with van der Waals surface area (Å²) in [5.41, 5.74) is 1.14. The Labute approximate surface area is 126 Å². The molecule has 5 heteroatoms. The molecule has 2 aromatic heterocycles. The molecule has 0 radical (unpaired) electrons. The Kier molecular flexibility index (Phi) is 5.87. The molecular weight excluding hydrogens is 264 g/mol. The number of aromatic nitrogens is 3. The van der Waals surface area contributed by atoms with E-state index >= 15 is 0 Å². The predicted octanol–water partition coefficient (Wildman–Crippen LogP) is 2.94. The van der Waals surface area contributed by atoms with Crippen LogP contribution in [-0.2, 0) is 6.42 Å². The van der Waals surface area contributed by atoms with Gasteiger partial charge in [0.1, 0.15) is 0 Å². The first-order valence-electron chi connectivity index (χ1n) is 7.69. The number of nitrogens with zero attached hydrogens (tertiary/aromatic N) is 3. The highest BCUT2D eigenvalue weighted by Gasteiger charge is 2.22. The molecule has 21 heavy (non-hydrogen) atoms. The van der Waals surface area contributed by atoms with Crippen LogP contribution < -0.4 is 5.32 Å².